The van der Waals surface area contributed by atoms with E-state index >= 15 is 0 Å². The van der Waals surface area contributed by atoms with Crippen LogP contribution in [-0.2, 0) is 4.79 Å². The third kappa shape index (κ3) is 4.36. The van der Waals surface area contributed by atoms with Gasteiger partial charge in [-0.3, -0.25) is 9.59 Å². The summed E-state index contributed by atoms with van der Waals surface area (Å²) in [7, 11) is 0. The number of anilines is 3. The van der Waals surface area contributed by atoms with Gasteiger partial charge in [0, 0.05) is 11.6 Å². The predicted octanol–water partition coefficient (Wildman–Crippen LogP) is 3.81. The number of nitrogens with two attached hydrogens (primary N) is 1. The number of thiazole rings is 1. The highest BCUT2D eigenvalue weighted by Crippen LogP contribution is 2.32. The first-order valence-electron chi connectivity index (χ1n) is 8.48. The lowest BCUT2D eigenvalue weighted by Gasteiger charge is -2.20. The number of carbonyl (C=O) groups excluding carboxylic acids is 2. The highest BCUT2D eigenvalue weighted by Gasteiger charge is 2.24. The Hall–Kier alpha value is -2.41. The van der Waals surface area contributed by atoms with Crippen molar-refractivity contribution >= 4 is 39.0 Å². The van der Waals surface area contributed by atoms with E-state index in [9.17, 15) is 9.59 Å². The number of carbonyl (C=O) groups is 2. The summed E-state index contributed by atoms with van der Waals surface area (Å²) in [5, 5.41) is 6.94. The molecule has 1 aliphatic rings. The minimum Gasteiger partial charge on any atom is -0.364 e. The zero-order valence-corrected chi connectivity index (χ0v) is 15.0. The van der Waals surface area contributed by atoms with E-state index < -0.39 is 5.91 Å². The first kappa shape index (κ1) is 17.4. The summed E-state index contributed by atoms with van der Waals surface area (Å²) in [6.45, 7) is 2.01. The first-order chi connectivity index (χ1) is 12.0. The number of hydrogen-bond acceptors (Lipinski definition) is 5. The number of hydrogen-bond donors (Lipinski definition) is 3. The molecule has 0 saturated heterocycles. The molecule has 7 heteroatoms. The third-order valence-corrected chi connectivity index (χ3v) is 5.26. The van der Waals surface area contributed by atoms with Crippen LogP contribution in [0, 0.1) is 12.8 Å². The second kappa shape index (κ2) is 7.65. The zero-order chi connectivity index (χ0) is 17.8. The number of aromatic nitrogens is 1. The molecule has 3 rings (SSSR count). The predicted molar refractivity (Wildman–Crippen MR) is 100 cm³/mol. The van der Waals surface area contributed by atoms with Gasteiger partial charge in [-0.15, -0.1) is 0 Å². The van der Waals surface area contributed by atoms with Crippen LogP contribution >= 0.6 is 11.3 Å². The van der Waals surface area contributed by atoms with Crippen molar-refractivity contribution < 1.29 is 9.59 Å². The molecule has 1 fully saturated rings. The highest BCUT2D eigenvalue weighted by atomic mass is 32.1. The molecule has 6 nitrogen and oxygen atoms in total. The van der Waals surface area contributed by atoms with Crippen LogP contribution in [0.1, 0.15) is 48.2 Å². The van der Waals surface area contributed by atoms with Crippen LogP contribution in [0.4, 0.5) is 15.8 Å². The van der Waals surface area contributed by atoms with E-state index in [1.54, 1.807) is 0 Å². The van der Waals surface area contributed by atoms with Crippen molar-refractivity contribution in [3.05, 3.63) is 35.5 Å². The number of aryl methyl sites for hydroxylation is 1. The molecule has 0 bridgehead atoms. The maximum atomic E-state index is 12.4. The van der Waals surface area contributed by atoms with E-state index in [0.717, 1.165) is 36.9 Å². The fourth-order valence-corrected chi connectivity index (χ4v) is 3.86. The molecular weight excluding hydrogens is 336 g/mol. The van der Waals surface area contributed by atoms with Crippen molar-refractivity contribution in [1.29, 1.82) is 0 Å². The maximum Gasteiger partial charge on any atom is 0.270 e. The molecule has 132 valence electrons. The fourth-order valence-electron chi connectivity index (χ4n) is 2.96. The molecule has 0 unspecified atom stereocenters. The minimum absolute atomic E-state index is 0.00471. The molecule has 1 aliphatic carbocycles. The molecule has 0 aliphatic heterocycles. The van der Waals surface area contributed by atoms with Crippen molar-refractivity contribution in [2.24, 2.45) is 11.7 Å². The number of amides is 2. The maximum absolute atomic E-state index is 12.4. The number of rotatable bonds is 5. The molecule has 1 saturated carbocycles. The molecular formula is C18H22N4O2S. The Morgan fingerprint density at radius 3 is 2.48 bits per heavy atom. The molecule has 0 spiro atoms. The number of nitrogens with one attached hydrogen (secondary N) is 2. The van der Waals surface area contributed by atoms with Gasteiger partial charge in [0.1, 0.15) is 5.00 Å². The lowest BCUT2D eigenvalue weighted by Crippen LogP contribution is -2.25. The van der Waals surface area contributed by atoms with Gasteiger partial charge >= 0.3 is 0 Å². The average Bonchev–Trinajstić information content (AvgIpc) is 3.00. The zero-order valence-electron chi connectivity index (χ0n) is 14.2. The molecule has 1 aromatic heterocycles. The highest BCUT2D eigenvalue weighted by molar-refractivity contribution is 7.20. The summed E-state index contributed by atoms with van der Waals surface area (Å²) in [5.74, 6) is -0.690. The standard InChI is InChI=1S/C18H22N4O2S/c1-11-7-9-13(10-8-11)20-18-21-14(15(19)23)17(25-18)22-16(24)12-5-3-2-4-6-12/h7-10,12H,2-6H2,1H3,(H2,19,23)(H,20,21)(H,22,24). The van der Waals surface area contributed by atoms with Gasteiger partial charge in [0.15, 0.2) is 10.8 Å². The Morgan fingerprint density at radius 1 is 1.16 bits per heavy atom. The van der Waals surface area contributed by atoms with Gasteiger partial charge in [-0.25, -0.2) is 4.98 Å². The van der Waals surface area contributed by atoms with Gasteiger partial charge in [0.05, 0.1) is 0 Å². The summed E-state index contributed by atoms with van der Waals surface area (Å²) in [6.07, 6.45) is 5.12. The molecule has 2 aromatic rings. The Balaban J connectivity index is 1.76. The third-order valence-electron chi connectivity index (χ3n) is 4.38. The first-order valence-corrected chi connectivity index (χ1v) is 9.30. The molecule has 1 heterocycles. The van der Waals surface area contributed by atoms with Crippen molar-refractivity contribution in [2.75, 3.05) is 10.6 Å². The van der Waals surface area contributed by atoms with Gasteiger partial charge < -0.3 is 16.4 Å². The van der Waals surface area contributed by atoms with E-state index in [2.05, 4.69) is 15.6 Å². The van der Waals surface area contributed by atoms with E-state index in [1.165, 1.54) is 17.8 Å². The van der Waals surface area contributed by atoms with Crippen LogP contribution in [0.3, 0.4) is 0 Å². The van der Waals surface area contributed by atoms with Gasteiger partial charge in [0.2, 0.25) is 5.91 Å². The monoisotopic (exact) mass is 358 g/mol. The van der Waals surface area contributed by atoms with Crippen LogP contribution in [0.25, 0.3) is 0 Å². The van der Waals surface area contributed by atoms with Crippen LogP contribution in [0.2, 0.25) is 0 Å². The Morgan fingerprint density at radius 2 is 1.84 bits per heavy atom. The van der Waals surface area contributed by atoms with Gasteiger partial charge in [-0.2, -0.15) is 0 Å². The van der Waals surface area contributed by atoms with Crippen molar-refractivity contribution in [3.63, 3.8) is 0 Å². The number of primary amides is 1. The summed E-state index contributed by atoms with van der Waals surface area (Å²) in [5.41, 5.74) is 7.54. The normalized spacial score (nSPS) is 14.9. The summed E-state index contributed by atoms with van der Waals surface area (Å²) in [6, 6.07) is 7.83. The Bertz CT molecular complexity index is 764. The van der Waals surface area contributed by atoms with E-state index in [4.69, 9.17) is 5.73 Å². The van der Waals surface area contributed by atoms with Gasteiger partial charge in [-0.05, 0) is 31.9 Å². The lowest BCUT2D eigenvalue weighted by atomic mass is 9.89. The van der Waals surface area contributed by atoms with Gasteiger partial charge in [-0.1, -0.05) is 48.3 Å². The second-order valence-electron chi connectivity index (χ2n) is 6.38. The molecule has 0 atom stereocenters. The van der Waals surface area contributed by atoms with Crippen molar-refractivity contribution in [1.82, 2.24) is 4.98 Å². The van der Waals surface area contributed by atoms with Crippen LogP contribution < -0.4 is 16.4 Å². The molecule has 25 heavy (non-hydrogen) atoms. The fraction of sp³-hybridized carbons (Fsp3) is 0.389. The number of nitrogens with zero attached hydrogens (tertiary/aromatic N) is 1. The average molecular weight is 358 g/mol. The smallest absolute Gasteiger partial charge is 0.270 e. The minimum atomic E-state index is -0.646. The lowest BCUT2D eigenvalue weighted by molar-refractivity contribution is -0.120. The summed E-state index contributed by atoms with van der Waals surface area (Å²) >= 11 is 1.22. The van der Waals surface area contributed by atoms with Crippen LogP contribution in [0.15, 0.2) is 24.3 Å². The van der Waals surface area contributed by atoms with E-state index in [0.29, 0.717) is 10.1 Å². The van der Waals surface area contributed by atoms with Crippen LogP contribution in [-0.4, -0.2) is 16.8 Å². The Labute approximate surface area is 150 Å². The topological polar surface area (TPSA) is 97.1 Å². The summed E-state index contributed by atoms with van der Waals surface area (Å²) < 4.78 is 0. The Kier molecular flexibility index (Phi) is 5.33. The summed E-state index contributed by atoms with van der Waals surface area (Å²) in [4.78, 5) is 28.4. The van der Waals surface area contributed by atoms with Crippen LogP contribution in [0.5, 0.6) is 0 Å². The van der Waals surface area contributed by atoms with Gasteiger partial charge in [0.25, 0.3) is 5.91 Å². The largest absolute Gasteiger partial charge is 0.364 e. The molecule has 1 aromatic carbocycles. The molecule has 4 N–H and O–H groups in total. The molecule has 2 amide bonds. The molecule has 0 radical (unpaired) electrons. The van der Waals surface area contributed by atoms with E-state index in [1.807, 2.05) is 31.2 Å². The quantitative estimate of drug-likeness (QED) is 0.757. The SMILES string of the molecule is Cc1ccc(Nc2nc(C(N)=O)c(NC(=O)C3CCCCC3)s2)cc1. The van der Waals surface area contributed by atoms with E-state index in [-0.39, 0.29) is 17.5 Å². The second-order valence-corrected chi connectivity index (χ2v) is 7.38. The van der Waals surface area contributed by atoms with Crippen molar-refractivity contribution in [3.8, 4) is 0 Å². The van der Waals surface area contributed by atoms with Crippen molar-refractivity contribution in [2.45, 2.75) is 39.0 Å². The number of benzene rings is 1.